The first kappa shape index (κ1) is 24.1. The number of hydrogen-bond donors (Lipinski definition) is 3. The first-order valence-corrected chi connectivity index (χ1v) is 10.9. The van der Waals surface area contributed by atoms with Crippen LogP contribution in [0, 0.1) is 0 Å². The van der Waals surface area contributed by atoms with Crippen molar-refractivity contribution in [2.75, 3.05) is 0 Å². The zero-order valence-electron chi connectivity index (χ0n) is 18.8. The van der Waals surface area contributed by atoms with Gasteiger partial charge in [0.1, 0.15) is 0 Å². The van der Waals surface area contributed by atoms with Gasteiger partial charge in [-0.15, -0.1) is 0 Å². The Morgan fingerprint density at radius 2 is 1.80 bits per heavy atom. The first-order chi connectivity index (χ1) is 14.2. The smallest absolute Gasteiger partial charge is 0.331 e. The van der Waals surface area contributed by atoms with Crippen LogP contribution in [-0.4, -0.2) is 41.3 Å². The van der Waals surface area contributed by atoms with Crippen molar-refractivity contribution >= 4 is 11.9 Å². The van der Waals surface area contributed by atoms with Crippen LogP contribution in [0.1, 0.15) is 70.9 Å². The lowest BCUT2D eigenvalue weighted by Gasteiger charge is -2.38. The fourth-order valence-electron chi connectivity index (χ4n) is 3.83. The molecule has 2 rings (SSSR count). The Labute approximate surface area is 180 Å². The Bertz CT molecular complexity index is 738. The van der Waals surface area contributed by atoms with Gasteiger partial charge >= 0.3 is 5.97 Å². The largest absolute Gasteiger partial charge is 0.478 e. The Morgan fingerprint density at radius 1 is 1.17 bits per heavy atom. The number of carboxylic acids is 1. The average molecular weight is 417 g/mol. The fraction of sp³-hybridized carbons (Fsp3) is 0.583. The van der Waals surface area contributed by atoms with Crippen molar-refractivity contribution in [2.24, 2.45) is 0 Å². The molecule has 1 aliphatic rings. The van der Waals surface area contributed by atoms with E-state index in [9.17, 15) is 14.7 Å². The highest BCUT2D eigenvalue weighted by molar-refractivity contribution is 5.87. The van der Waals surface area contributed by atoms with Crippen LogP contribution in [0.4, 0.5) is 0 Å². The summed E-state index contributed by atoms with van der Waals surface area (Å²) in [5.74, 6) is -0.623. The zero-order chi connectivity index (χ0) is 22.3. The van der Waals surface area contributed by atoms with Crippen LogP contribution < -0.4 is 10.6 Å². The number of carbonyl (C=O) groups excluding carboxylic acids is 1. The molecule has 0 saturated carbocycles. The van der Waals surface area contributed by atoms with Gasteiger partial charge in [-0.05, 0) is 42.4 Å². The number of carbonyl (C=O) groups is 2. The number of rotatable bonds is 10. The second-order valence-corrected chi connectivity index (χ2v) is 8.35. The van der Waals surface area contributed by atoms with E-state index in [1.54, 1.807) is 6.08 Å². The van der Waals surface area contributed by atoms with Gasteiger partial charge in [0.2, 0.25) is 5.91 Å². The van der Waals surface area contributed by atoms with E-state index >= 15 is 0 Å². The molecule has 30 heavy (non-hydrogen) atoms. The van der Waals surface area contributed by atoms with Crippen LogP contribution in [0.3, 0.4) is 0 Å². The van der Waals surface area contributed by atoms with Crippen LogP contribution in [0.5, 0.6) is 0 Å². The Balaban J connectivity index is 2.21. The first-order valence-electron chi connectivity index (χ1n) is 10.9. The highest BCUT2D eigenvalue weighted by atomic mass is 16.5. The average Bonchev–Trinajstić information content (AvgIpc) is 2.71. The van der Waals surface area contributed by atoms with E-state index in [2.05, 4.69) is 48.7 Å². The summed E-state index contributed by atoms with van der Waals surface area (Å²) >= 11 is 0. The van der Waals surface area contributed by atoms with Gasteiger partial charge in [0.15, 0.2) is 0 Å². The minimum atomic E-state index is -0.942. The standard InChI is InChI=1S/C24H36N2O4/c1-6-20(7-2)30-22-13-19(24(28)29)12-21(23(22)26-16(5)27)25-14-17-8-10-18(11-9-17)15(3)4/h8-11,13,15,20-23,25H,6-7,12,14H2,1-5H3,(H,26,27)(H,28,29)/t21-,22+,23+/m0/s1. The maximum Gasteiger partial charge on any atom is 0.331 e. The summed E-state index contributed by atoms with van der Waals surface area (Å²) in [6.45, 7) is 10.5. The van der Waals surface area contributed by atoms with Crippen LogP contribution in [0.15, 0.2) is 35.9 Å². The third-order valence-electron chi connectivity index (χ3n) is 5.71. The van der Waals surface area contributed by atoms with Crippen LogP contribution >= 0.6 is 0 Å². The molecule has 1 aliphatic carbocycles. The van der Waals surface area contributed by atoms with Crippen molar-refractivity contribution in [3.05, 3.63) is 47.0 Å². The second-order valence-electron chi connectivity index (χ2n) is 8.35. The van der Waals surface area contributed by atoms with E-state index in [4.69, 9.17) is 4.74 Å². The monoisotopic (exact) mass is 416 g/mol. The van der Waals surface area contributed by atoms with Gasteiger partial charge in [-0.2, -0.15) is 0 Å². The number of nitrogens with one attached hydrogen (secondary N) is 2. The number of benzene rings is 1. The van der Waals surface area contributed by atoms with Gasteiger partial charge in [0.05, 0.1) is 18.2 Å². The molecule has 166 valence electrons. The molecule has 3 N–H and O–H groups in total. The van der Waals surface area contributed by atoms with Crippen molar-refractivity contribution in [3.63, 3.8) is 0 Å². The summed E-state index contributed by atoms with van der Waals surface area (Å²) in [5, 5.41) is 16.1. The summed E-state index contributed by atoms with van der Waals surface area (Å²) in [6.07, 6.45) is 3.18. The number of ether oxygens (including phenoxy) is 1. The maximum atomic E-state index is 11.9. The summed E-state index contributed by atoms with van der Waals surface area (Å²) in [5.41, 5.74) is 2.72. The lowest BCUT2D eigenvalue weighted by atomic mass is 9.87. The normalized spacial score (nSPS) is 21.6. The molecule has 1 aromatic rings. The predicted molar refractivity (Wildman–Crippen MR) is 118 cm³/mol. The highest BCUT2D eigenvalue weighted by Gasteiger charge is 2.37. The third kappa shape index (κ3) is 6.67. The molecule has 0 aromatic heterocycles. The number of hydrogen-bond acceptors (Lipinski definition) is 4. The minimum absolute atomic E-state index is 0.0138. The Hall–Kier alpha value is -2.18. The Kier molecular flexibility index (Phi) is 9.06. The van der Waals surface area contributed by atoms with Crippen molar-refractivity contribution < 1.29 is 19.4 Å². The topological polar surface area (TPSA) is 87.7 Å². The maximum absolute atomic E-state index is 11.9. The van der Waals surface area contributed by atoms with Gasteiger partial charge in [-0.25, -0.2) is 4.79 Å². The van der Waals surface area contributed by atoms with E-state index in [1.165, 1.54) is 12.5 Å². The lowest BCUT2D eigenvalue weighted by molar-refractivity contribution is -0.133. The molecule has 0 unspecified atom stereocenters. The SMILES string of the molecule is CCC(CC)O[C@@H]1C=C(C(=O)O)C[C@H](NCc2ccc(C(C)C)cc2)[C@H]1NC(C)=O. The van der Waals surface area contributed by atoms with Crippen LogP contribution in [0.2, 0.25) is 0 Å². The second kappa shape index (κ2) is 11.3. The molecule has 6 heteroatoms. The van der Waals surface area contributed by atoms with Gasteiger partial charge in [0.25, 0.3) is 0 Å². The number of aliphatic carboxylic acids is 1. The van der Waals surface area contributed by atoms with E-state index < -0.39 is 12.1 Å². The lowest BCUT2D eigenvalue weighted by Crippen LogP contribution is -2.58. The summed E-state index contributed by atoms with van der Waals surface area (Å²) < 4.78 is 6.21. The summed E-state index contributed by atoms with van der Waals surface area (Å²) in [7, 11) is 0. The fourth-order valence-corrected chi connectivity index (χ4v) is 3.83. The molecule has 0 radical (unpaired) electrons. The zero-order valence-corrected chi connectivity index (χ0v) is 18.8. The highest BCUT2D eigenvalue weighted by Crippen LogP contribution is 2.25. The van der Waals surface area contributed by atoms with E-state index in [1.807, 2.05) is 13.8 Å². The van der Waals surface area contributed by atoms with Gasteiger partial charge < -0.3 is 20.5 Å². The van der Waals surface area contributed by atoms with Gasteiger partial charge in [-0.1, -0.05) is 52.0 Å². The summed E-state index contributed by atoms with van der Waals surface area (Å²) in [6, 6.07) is 7.84. The molecule has 6 nitrogen and oxygen atoms in total. The molecule has 0 fully saturated rings. The van der Waals surface area contributed by atoms with E-state index in [-0.39, 0.29) is 24.1 Å². The number of amides is 1. The third-order valence-corrected chi connectivity index (χ3v) is 5.71. The van der Waals surface area contributed by atoms with E-state index in [0.29, 0.717) is 24.5 Å². The van der Waals surface area contributed by atoms with Crippen molar-refractivity contribution in [1.82, 2.24) is 10.6 Å². The summed E-state index contributed by atoms with van der Waals surface area (Å²) in [4.78, 5) is 23.6. The number of carboxylic acid groups (broad SMARTS) is 1. The quantitative estimate of drug-likeness (QED) is 0.541. The molecule has 0 spiro atoms. The van der Waals surface area contributed by atoms with Gasteiger partial charge in [-0.3, -0.25) is 4.79 Å². The van der Waals surface area contributed by atoms with Crippen molar-refractivity contribution in [1.29, 1.82) is 0 Å². The van der Waals surface area contributed by atoms with Crippen LogP contribution in [-0.2, 0) is 20.9 Å². The van der Waals surface area contributed by atoms with Crippen molar-refractivity contribution in [2.45, 2.75) is 90.6 Å². The molecule has 0 aliphatic heterocycles. The molecule has 0 bridgehead atoms. The van der Waals surface area contributed by atoms with E-state index in [0.717, 1.165) is 18.4 Å². The molecule has 0 heterocycles. The van der Waals surface area contributed by atoms with Crippen LogP contribution in [0.25, 0.3) is 0 Å². The molecule has 1 amide bonds. The molecule has 1 aromatic carbocycles. The minimum Gasteiger partial charge on any atom is -0.478 e. The Morgan fingerprint density at radius 3 is 2.30 bits per heavy atom. The molecular formula is C24H36N2O4. The molecular weight excluding hydrogens is 380 g/mol. The molecule has 0 saturated heterocycles. The predicted octanol–water partition coefficient (Wildman–Crippen LogP) is 3.76. The van der Waals surface area contributed by atoms with Crippen molar-refractivity contribution in [3.8, 4) is 0 Å². The molecule has 3 atom stereocenters. The van der Waals surface area contributed by atoms with Gasteiger partial charge in [0, 0.05) is 25.1 Å².